The van der Waals surface area contributed by atoms with Gasteiger partial charge in [-0.3, -0.25) is 4.79 Å². The van der Waals surface area contributed by atoms with Gasteiger partial charge in [0.25, 0.3) is 5.69 Å². The number of nitrogens with one attached hydrogen (secondary N) is 1. The van der Waals surface area contributed by atoms with Gasteiger partial charge >= 0.3 is 0 Å². The number of para-hydroxylation sites is 1. The van der Waals surface area contributed by atoms with Crippen LogP contribution in [0.3, 0.4) is 0 Å². The highest BCUT2D eigenvalue weighted by atomic mass is 35.5. The standard InChI is InChI=1S/C20H15ClN4O4S/c1-11(26)15-7-2-4-12(18(15)27)9-22-20-23-16(10-30-20)17-19(28)29-24-25(17)14-6-3-5-13(21)8-14/h2-8,10H,9H2,1H3,(H2-,22,23,24,26,27,28). The predicted molar refractivity (Wildman–Crippen MR) is 109 cm³/mol. The molecule has 0 aliphatic carbocycles. The molecule has 0 bridgehead atoms. The van der Waals surface area contributed by atoms with Gasteiger partial charge in [0, 0.05) is 34.6 Å². The van der Waals surface area contributed by atoms with Crippen LogP contribution in [-0.4, -0.2) is 21.1 Å². The molecular weight excluding hydrogens is 428 g/mol. The van der Waals surface area contributed by atoms with Gasteiger partial charge in [-0.05, 0) is 23.7 Å². The van der Waals surface area contributed by atoms with E-state index in [1.165, 1.54) is 22.9 Å². The number of aromatic nitrogens is 3. The molecule has 30 heavy (non-hydrogen) atoms. The molecule has 0 radical (unpaired) electrons. The number of benzene rings is 2. The summed E-state index contributed by atoms with van der Waals surface area (Å²) in [6.07, 6.45) is 0. The van der Waals surface area contributed by atoms with E-state index in [9.17, 15) is 15.0 Å². The Morgan fingerprint density at radius 2 is 2.13 bits per heavy atom. The normalized spacial score (nSPS) is 10.9. The molecule has 0 aliphatic rings. The van der Waals surface area contributed by atoms with E-state index in [4.69, 9.17) is 16.1 Å². The molecule has 0 atom stereocenters. The number of aromatic hydroxyl groups is 1. The van der Waals surface area contributed by atoms with E-state index >= 15 is 0 Å². The van der Waals surface area contributed by atoms with Gasteiger partial charge < -0.3 is 20.1 Å². The molecule has 2 N–H and O–H groups in total. The number of carbonyl (C=O) groups excluding carboxylic acids is 1. The van der Waals surface area contributed by atoms with Crippen molar-refractivity contribution in [3.05, 3.63) is 64.0 Å². The third-order valence-corrected chi connectivity index (χ3v) is 5.37. The summed E-state index contributed by atoms with van der Waals surface area (Å²) in [5, 5.41) is 32.1. The Morgan fingerprint density at radius 1 is 1.33 bits per heavy atom. The molecule has 2 heterocycles. The first-order chi connectivity index (χ1) is 14.4. The quantitative estimate of drug-likeness (QED) is 0.347. The Kier molecular flexibility index (Phi) is 5.39. The lowest BCUT2D eigenvalue weighted by Gasteiger charge is -2.08. The average Bonchev–Trinajstić information content (AvgIpc) is 3.33. The van der Waals surface area contributed by atoms with Gasteiger partial charge in [-0.25, -0.2) is 4.98 Å². The van der Waals surface area contributed by atoms with E-state index in [2.05, 4.69) is 15.6 Å². The topological polar surface area (TPSA) is 115 Å². The molecule has 0 aliphatic heterocycles. The maximum absolute atomic E-state index is 12.2. The summed E-state index contributed by atoms with van der Waals surface area (Å²) in [5.74, 6) is -0.903. The van der Waals surface area contributed by atoms with Crippen LogP contribution in [-0.2, 0) is 6.54 Å². The Morgan fingerprint density at radius 3 is 2.90 bits per heavy atom. The second kappa shape index (κ2) is 8.13. The lowest BCUT2D eigenvalue weighted by atomic mass is 10.1. The number of phenols is 1. The first kappa shape index (κ1) is 19.9. The second-order valence-corrected chi connectivity index (χ2v) is 7.66. The minimum atomic E-state index is -0.626. The smallest absolute Gasteiger partial charge is 0.289 e. The van der Waals surface area contributed by atoms with Crippen molar-refractivity contribution in [2.75, 3.05) is 5.32 Å². The third kappa shape index (κ3) is 3.85. The van der Waals surface area contributed by atoms with E-state index < -0.39 is 5.95 Å². The van der Waals surface area contributed by atoms with Crippen LogP contribution in [0.25, 0.3) is 17.1 Å². The number of ketones is 1. The molecule has 2 aromatic carbocycles. The summed E-state index contributed by atoms with van der Waals surface area (Å²) >= 11 is 7.31. The maximum atomic E-state index is 12.2. The number of Topliss-reactive ketones (excluding diaryl/α,β-unsaturated/α-hetero) is 1. The van der Waals surface area contributed by atoms with Gasteiger partial charge in [-0.1, -0.05) is 29.8 Å². The number of rotatable bonds is 6. The zero-order chi connectivity index (χ0) is 21.3. The van der Waals surface area contributed by atoms with Crippen LogP contribution in [0.1, 0.15) is 22.8 Å². The molecule has 0 fully saturated rings. The van der Waals surface area contributed by atoms with Crippen LogP contribution in [0.4, 0.5) is 5.13 Å². The number of hydrogen-bond donors (Lipinski definition) is 2. The molecule has 0 saturated carbocycles. The summed E-state index contributed by atoms with van der Waals surface area (Å²) in [6.45, 7) is 1.65. The molecule has 0 amide bonds. The molecule has 2 aromatic heterocycles. The van der Waals surface area contributed by atoms with Gasteiger partial charge in [0.2, 0.25) is 5.69 Å². The highest BCUT2D eigenvalue weighted by molar-refractivity contribution is 7.14. The van der Waals surface area contributed by atoms with Crippen molar-refractivity contribution in [3.8, 4) is 28.8 Å². The SMILES string of the molecule is CC(=O)c1cccc(CNc2nc(-c3c([O-])on[n+]3-c3cccc(Cl)c3)cs2)c1O. The van der Waals surface area contributed by atoms with Crippen LogP contribution in [0.15, 0.2) is 52.4 Å². The average molecular weight is 443 g/mol. The predicted octanol–water partition coefficient (Wildman–Crippen LogP) is 3.32. The van der Waals surface area contributed by atoms with Crippen LogP contribution in [0.2, 0.25) is 5.02 Å². The van der Waals surface area contributed by atoms with E-state index in [1.54, 1.807) is 47.8 Å². The van der Waals surface area contributed by atoms with Crippen LogP contribution >= 0.6 is 22.9 Å². The lowest BCUT2D eigenvalue weighted by molar-refractivity contribution is -0.660. The lowest BCUT2D eigenvalue weighted by Crippen LogP contribution is -2.34. The Balaban J connectivity index is 1.58. The van der Waals surface area contributed by atoms with Gasteiger partial charge in [-0.15, -0.1) is 11.3 Å². The van der Waals surface area contributed by atoms with E-state index in [-0.39, 0.29) is 29.3 Å². The van der Waals surface area contributed by atoms with Gasteiger partial charge in [0.1, 0.15) is 5.75 Å². The van der Waals surface area contributed by atoms with Crippen LogP contribution < -0.4 is 15.1 Å². The van der Waals surface area contributed by atoms with Gasteiger partial charge in [-0.2, -0.15) is 0 Å². The molecule has 10 heteroatoms. The number of nitrogens with zero attached hydrogens (tertiary/aromatic N) is 3. The molecule has 8 nitrogen and oxygen atoms in total. The Labute approximate surface area is 180 Å². The Bertz CT molecular complexity index is 1240. The summed E-state index contributed by atoms with van der Waals surface area (Å²) in [4.78, 5) is 16.0. The fourth-order valence-electron chi connectivity index (χ4n) is 2.90. The fourth-order valence-corrected chi connectivity index (χ4v) is 3.78. The number of anilines is 1. The fraction of sp³-hybridized carbons (Fsp3) is 0.100. The summed E-state index contributed by atoms with van der Waals surface area (Å²) in [6, 6.07) is 11.8. The van der Waals surface area contributed by atoms with Crippen molar-refractivity contribution in [1.29, 1.82) is 0 Å². The van der Waals surface area contributed by atoms with Crippen molar-refractivity contribution in [2.24, 2.45) is 0 Å². The molecule has 0 spiro atoms. The van der Waals surface area contributed by atoms with Crippen LogP contribution in [0, 0.1) is 0 Å². The number of carbonyl (C=O) groups is 1. The number of thiazole rings is 1. The van der Waals surface area contributed by atoms with Crippen molar-refractivity contribution < 1.29 is 24.2 Å². The van der Waals surface area contributed by atoms with Crippen molar-refractivity contribution in [1.82, 2.24) is 10.3 Å². The molecular formula is C20H15ClN4O4S. The minimum absolute atomic E-state index is 0.0612. The molecule has 4 aromatic rings. The van der Waals surface area contributed by atoms with Crippen LogP contribution in [0.5, 0.6) is 11.7 Å². The van der Waals surface area contributed by atoms with E-state index in [0.717, 1.165) is 0 Å². The minimum Gasteiger partial charge on any atom is -0.539 e. The first-order valence-electron chi connectivity index (χ1n) is 8.80. The molecule has 4 rings (SSSR count). The monoisotopic (exact) mass is 442 g/mol. The maximum Gasteiger partial charge on any atom is 0.289 e. The van der Waals surface area contributed by atoms with Gasteiger partial charge in [0.15, 0.2) is 22.6 Å². The third-order valence-electron chi connectivity index (χ3n) is 4.34. The zero-order valence-electron chi connectivity index (χ0n) is 15.6. The van der Waals surface area contributed by atoms with E-state index in [1.807, 2.05) is 0 Å². The van der Waals surface area contributed by atoms with E-state index in [0.29, 0.717) is 27.1 Å². The van der Waals surface area contributed by atoms with Gasteiger partial charge in [0.05, 0.1) is 10.8 Å². The van der Waals surface area contributed by atoms with Crippen molar-refractivity contribution in [3.63, 3.8) is 0 Å². The van der Waals surface area contributed by atoms with Crippen molar-refractivity contribution >= 4 is 33.9 Å². The number of halogens is 1. The first-order valence-corrected chi connectivity index (χ1v) is 10.1. The summed E-state index contributed by atoms with van der Waals surface area (Å²) in [7, 11) is 0. The summed E-state index contributed by atoms with van der Waals surface area (Å²) < 4.78 is 6.17. The highest BCUT2D eigenvalue weighted by Crippen LogP contribution is 2.29. The Hall–Kier alpha value is -3.43. The zero-order valence-corrected chi connectivity index (χ0v) is 17.2. The molecule has 0 unspecified atom stereocenters. The summed E-state index contributed by atoms with van der Waals surface area (Å²) in [5.41, 5.74) is 1.94. The number of hydrogen-bond acceptors (Lipinski definition) is 8. The van der Waals surface area contributed by atoms with Crippen molar-refractivity contribution in [2.45, 2.75) is 13.5 Å². The second-order valence-electron chi connectivity index (χ2n) is 6.36. The number of phenolic OH excluding ortho intramolecular Hbond substituents is 1. The molecule has 152 valence electrons. The molecule has 0 saturated heterocycles. The highest BCUT2D eigenvalue weighted by Gasteiger charge is 2.25. The largest absolute Gasteiger partial charge is 0.539 e.